The molecule has 9 heteroatoms. The highest BCUT2D eigenvalue weighted by molar-refractivity contribution is 7.89. The quantitative estimate of drug-likeness (QED) is 0.768. The van der Waals surface area contributed by atoms with Crippen molar-refractivity contribution in [1.82, 2.24) is 4.31 Å². The molecule has 2 aromatic rings. The van der Waals surface area contributed by atoms with E-state index in [1.807, 2.05) is 0 Å². The van der Waals surface area contributed by atoms with E-state index >= 15 is 0 Å². The predicted octanol–water partition coefficient (Wildman–Crippen LogP) is 2.66. The average Bonchev–Trinajstić information content (AvgIpc) is 2.67. The Balaban J connectivity index is 1.76. The smallest absolute Gasteiger partial charge is 0.324 e. The molecule has 0 radical (unpaired) electrons. The van der Waals surface area contributed by atoms with E-state index in [1.165, 1.54) is 36.4 Å². The van der Waals surface area contributed by atoms with Crippen LogP contribution in [-0.4, -0.2) is 48.6 Å². The van der Waals surface area contributed by atoms with Crippen LogP contribution >= 0.6 is 0 Å². The maximum Gasteiger partial charge on any atom is 0.324 e. The summed E-state index contributed by atoms with van der Waals surface area (Å²) in [6, 6.07) is 10.3. The number of ether oxygens (including phenoxy) is 2. The lowest BCUT2D eigenvalue weighted by Gasteiger charge is -2.39. The SMILES string of the molecule is C[C@@H]1O[C@@H](C)CN(S(=O)(=O)c2ccc(OCc3ccc(F)cc3)cc2)[C@H]1C(=O)O. The number of carboxylic acid groups (broad SMARTS) is 1. The van der Waals surface area contributed by atoms with Gasteiger partial charge in [-0.05, 0) is 55.8 Å². The van der Waals surface area contributed by atoms with Crippen molar-refractivity contribution in [3.63, 3.8) is 0 Å². The lowest BCUT2D eigenvalue weighted by Crippen LogP contribution is -2.58. The Bertz CT molecular complexity index is 961. The van der Waals surface area contributed by atoms with E-state index in [9.17, 15) is 22.7 Å². The zero-order chi connectivity index (χ0) is 21.2. The molecule has 1 N–H and O–H groups in total. The first-order chi connectivity index (χ1) is 13.7. The predicted molar refractivity (Wildman–Crippen MR) is 102 cm³/mol. The van der Waals surface area contributed by atoms with Crippen molar-refractivity contribution in [2.45, 2.75) is 43.6 Å². The molecule has 29 heavy (non-hydrogen) atoms. The van der Waals surface area contributed by atoms with Gasteiger partial charge in [-0.15, -0.1) is 0 Å². The summed E-state index contributed by atoms with van der Waals surface area (Å²) in [6.07, 6.45) is -1.20. The first kappa shape index (κ1) is 21.2. The number of hydrogen-bond acceptors (Lipinski definition) is 5. The van der Waals surface area contributed by atoms with E-state index in [1.54, 1.807) is 26.0 Å². The summed E-state index contributed by atoms with van der Waals surface area (Å²) in [5, 5.41) is 9.49. The van der Waals surface area contributed by atoms with Gasteiger partial charge in [-0.25, -0.2) is 12.8 Å². The van der Waals surface area contributed by atoms with Gasteiger partial charge in [0.05, 0.1) is 17.1 Å². The normalized spacial score (nSPS) is 22.9. The highest BCUT2D eigenvalue weighted by atomic mass is 32.2. The molecular formula is C20H22FNO6S. The minimum absolute atomic E-state index is 0.0285. The van der Waals surface area contributed by atoms with E-state index in [4.69, 9.17) is 9.47 Å². The number of rotatable bonds is 6. The lowest BCUT2D eigenvalue weighted by atomic mass is 10.1. The maximum absolute atomic E-state index is 13.0. The van der Waals surface area contributed by atoms with Gasteiger partial charge in [-0.2, -0.15) is 4.31 Å². The third kappa shape index (κ3) is 4.75. The summed E-state index contributed by atoms with van der Waals surface area (Å²) in [7, 11) is -4.04. The van der Waals surface area contributed by atoms with Crippen molar-refractivity contribution < 1.29 is 32.2 Å². The Kier molecular flexibility index (Phi) is 6.21. The molecule has 1 fully saturated rings. The Morgan fingerprint density at radius 3 is 2.38 bits per heavy atom. The van der Waals surface area contributed by atoms with Gasteiger partial charge in [0.1, 0.15) is 24.2 Å². The van der Waals surface area contributed by atoms with Crippen LogP contribution in [0.5, 0.6) is 5.75 Å². The topological polar surface area (TPSA) is 93.1 Å². The standard InChI is InChI=1S/C20H22FNO6S/c1-13-11-22(19(20(23)24)14(2)28-13)29(25,26)18-9-7-17(8-10-18)27-12-15-3-5-16(21)6-4-15/h3-10,13-14,19H,11-12H2,1-2H3,(H,23,24)/t13-,14-,19+/m0/s1. The van der Waals surface area contributed by atoms with Crippen LogP contribution < -0.4 is 4.74 Å². The molecule has 1 saturated heterocycles. The molecule has 3 atom stereocenters. The number of benzene rings is 2. The minimum atomic E-state index is -4.04. The van der Waals surface area contributed by atoms with Gasteiger partial charge < -0.3 is 14.6 Å². The summed E-state index contributed by atoms with van der Waals surface area (Å²) >= 11 is 0. The average molecular weight is 423 g/mol. The fraction of sp³-hybridized carbons (Fsp3) is 0.350. The number of carboxylic acids is 1. The summed E-state index contributed by atoms with van der Waals surface area (Å²) in [4.78, 5) is 11.6. The third-order valence-corrected chi connectivity index (χ3v) is 6.50. The van der Waals surface area contributed by atoms with Crippen LogP contribution in [0, 0.1) is 5.82 Å². The molecule has 0 unspecified atom stereocenters. The van der Waals surface area contributed by atoms with Gasteiger partial charge >= 0.3 is 5.97 Å². The summed E-state index contributed by atoms with van der Waals surface area (Å²) in [5.74, 6) is -1.16. The summed E-state index contributed by atoms with van der Waals surface area (Å²) < 4.78 is 51.1. The van der Waals surface area contributed by atoms with Crippen molar-refractivity contribution in [3.8, 4) is 5.75 Å². The van der Waals surface area contributed by atoms with E-state index in [0.29, 0.717) is 5.75 Å². The van der Waals surface area contributed by atoms with Crippen molar-refractivity contribution >= 4 is 16.0 Å². The van der Waals surface area contributed by atoms with Crippen molar-refractivity contribution in [2.75, 3.05) is 6.54 Å². The summed E-state index contributed by atoms with van der Waals surface area (Å²) in [6.45, 7) is 3.39. The zero-order valence-electron chi connectivity index (χ0n) is 16.0. The van der Waals surface area contributed by atoms with E-state index in [0.717, 1.165) is 9.87 Å². The molecule has 0 aromatic heterocycles. The number of aliphatic carboxylic acids is 1. The summed E-state index contributed by atoms with van der Waals surface area (Å²) in [5.41, 5.74) is 0.767. The van der Waals surface area contributed by atoms with Crippen LogP contribution in [0.25, 0.3) is 0 Å². The van der Waals surface area contributed by atoms with Crippen LogP contribution in [0.4, 0.5) is 4.39 Å². The fourth-order valence-electron chi connectivity index (χ4n) is 3.25. The van der Waals surface area contributed by atoms with Crippen LogP contribution in [0.3, 0.4) is 0 Å². The molecule has 2 aromatic carbocycles. The number of carbonyl (C=O) groups is 1. The molecule has 1 aliphatic rings. The molecule has 0 aliphatic carbocycles. The van der Waals surface area contributed by atoms with Crippen LogP contribution in [-0.2, 0) is 26.2 Å². The first-order valence-corrected chi connectivity index (χ1v) is 10.5. The van der Waals surface area contributed by atoms with Gasteiger partial charge in [0, 0.05) is 6.54 Å². The fourth-order valence-corrected chi connectivity index (χ4v) is 4.96. The number of morpholine rings is 1. The Morgan fingerprint density at radius 2 is 1.79 bits per heavy atom. The van der Waals surface area contributed by atoms with Crippen LogP contribution in [0.2, 0.25) is 0 Å². The van der Waals surface area contributed by atoms with Crippen LogP contribution in [0.1, 0.15) is 19.4 Å². The second-order valence-electron chi connectivity index (χ2n) is 6.90. The Hall–Kier alpha value is -2.49. The van der Waals surface area contributed by atoms with Gasteiger partial charge in [-0.1, -0.05) is 12.1 Å². The zero-order valence-corrected chi connectivity index (χ0v) is 16.8. The number of nitrogens with zero attached hydrogens (tertiary/aromatic N) is 1. The van der Waals surface area contributed by atoms with E-state index < -0.39 is 34.2 Å². The van der Waals surface area contributed by atoms with Gasteiger partial charge in [-0.3, -0.25) is 4.79 Å². The molecule has 1 heterocycles. The monoisotopic (exact) mass is 423 g/mol. The van der Waals surface area contributed by atoms with Gasteiger partial charge in [0.15, 0.2) is 0 Å². The third-order valence-electron chi connectivity index (χ3n) is 4.64. The molecule has 0 spiro atoms. The van der Waals surface area contributed by atoms with E-state index in [-0.39, 0.29) is 23.9 Å². The highest BCUT2D eigenvalue weighted by Crippen LogP contribution is 2.27. The molecule has 0 bridgehead atoms. The molecular weight excluding hydrogens is 401 g/mol. The number of halogens is 1. The molecule has 7 nitrogen and oxygen atoms in total. The van der Waals surface area contributed by atoms with Crippen molar-refractivity contribution in [2.24, 2.45) is 0 Å². The van der Waals surface area contributed by atoms with Gasteiger partial charge in [0.25, 0.3) is 0 Å². The number of hydrogen-bond donors (Lipinski definition) is 1. The van der Waals surface area contributed by atoms with Crippen molar-refractivity contribution in [3.05, 3.63) is 59.9 Å². The van der Waals surface area contributed by atoms with E-state index in [2.05, 4.69) is 0 Å². The maximum atomic E-state index is 13.0. The molecule has 156 valence electrons. The van der Waals surface area contributed by atoms with Crippen LogP contribution in [0.15, 0.2) is 53.4 Å². The largest absolute Gasteiger partial charge is 0.489 e. The Labute approximate surface area is 168 Å². The Morgan fingerprint density at radius 1 is 1.17 bits per heavy atom. The molecule has 3 rings (SSSR count). The molecule has 1 aliphatic heterocycles. The van der Waals surface area contributed by atoms with Crippen molar-refractivity contribution in [1.29, 1.82) is 0 Å². The minimum Gasteiger partial charge on any atom is -0.489 e. The highest BCUT2D eigenvalue weighted by Gasteiger charge is 2.44. The van der Waals surface area contributed by atoms with Gasteiger partial charge in [0.2, 0.25) is 10.0 Å². The second-order valence-corrected chi connectivity index (χ2v) is 8.79. The molecule has 0 amide bonds. The molecule has 0 saturated carbocycles. The second kappa shape index (κ2) is 8.48. The number of sulfonamides is 1. The lowest BCUT2D eigenvalue weighted by molar-refractivity contribution is -0.155. The first-order valence-electron chi connectivity index (χ1n) is 9.06.